The second-order valence-electron chi connectivity index (χ2n) is 7.38. The third kappa shape index (κ3) is 3.37. The first-order valence-corrected chi connectivity index (χ1v) is 10.7. The van der Waals surface area contributed by atoms with Gasteiger partial charge in [0, 0.05) is 24.7 Å². The third-order valence-electron chi connectivity index (χ3n) is 5.60. The molecule has 0 aliphatic carbocycles. The molecule has 2 atom stereocenters. The van der Waals surface area contributed by atoms with E-state index in [0.717, 1.165) is 28.1 Å². The zero-order valence-corrected chi connectivity index (χ0v) is 16.2. The lowest BCUT2D eigenvalue weighted by Gasteiger charge is -2.47. The van der Waals surface area contributed by atoms with E-state index in [1.54, 1.807) is 18.2 Å². The molecule has 1 N–H and O–H groups in total. The molecule has 1 amide bonds. The number of alkyl halides is 3. The molecular formula is C20H19F3N2O3S. The third-order valence-corrected chi connectivity index (χ3v) is 7.56. The molecule has 29 heavy (non-hydrogen) atoms. The molecule has 0 radical (unpaired) electrons. The van der Waals surface area contributed by atoms with Crippen molar-refractivity contribution in [2.24, 2.45) is 0 Å². The minimum atomic E-state index is -4.66. The Labute approximate surface area is 167 Å². The average molecular weight is 424 g/mol. The molecule has 1 spiro atoms. The molecule has 154 valence electrons. The zero-order chi connectivity index (χ0) is 20.9. The molecule has 2 heterocycles. The Hall–Kier alpha value is -2.23. The van der Waals surface area contributed by atoms with Gasteiger partial charge in [0.25, 0.3) is 0 Å². The van der Waals surface area contributed by atoms with Gasteiger partial charge in [-0.3, -0.25) is 4.79 Å². The van der Waals surface area contributed by atoms with Crippen molar-refractivity contribution in [3.63, 3.8) is 0 Å². The summed E-state index contributed by atoms with van der Waals surface area (Å²) in [6.45, 7) is 0.0775. The van der Waals surface area contributed by atoms with Crippen molar-refractivity contribution in [3.8, 4) is 0 Å². The minimum Gasteiger partial charge on any atom is -0.593 e. The van der Waals surface area contributed by atoms with Gasteiger partial charge in [-0.2, -0.15) is 13.2 Å². The lowest BCUT2D eigenvalue weighted by molar-refractivity contribution is -0.137. The molecule has 9 heteroatoms. The highest BCUT2D eigenvalue weighted by molar-refractivity contribution is 7.95. The van der Waals surface area contributed by atoms with E-state index in [0.29, 0.717) is 31.0 Å². The van der Waals surface area contributed by atoms with Gasteiger partial charge in [0.15, 0.2) is 15.3 Å². The summed E-state index contributed by atoms with van der Waals surface area (Å²) in [5.41, 5.74) is -0.953. The fourth-order valence-corrected chi connectivity index (χ4v) is 6.00. The summed E-state index contributed by atoms with van der Waals surface area (Å²) < 4.78 is 67.2. The molecule has 2 unspecified atom stereocenters. The molecule has 1 fully saturated rings. The van der Waals surface area contributed by atoms with Crippen LogP contribution in [0.1, 0.15) is 30.4 Å². The number of nitrogens with one attached hydrogen (secondary N) is 1. The summed E-state index contributed by atoms with van der Waals surface area (Å²) in [6, 6.07) is 10.8. The zero-order valence-electron chi connectivity index (χ0n) is 15.4. The number of rotatable bonds is 2. The maximum atomic E-state index is 13.4. The number of nitrogens with zero attached hydrogens (tertiary/aromatic N) is 1. The highest BCUT2D eigenvalue weighted by atomic mass is 32.3. The van der Waals surface area contributed by atoms with E-state index in [4.69, 9.17) is 0 Å². The lowest BCUT2D eigenvalue weighted by atomic mass is 9.79. The number of sulfonamides is 1. The number of piperidine rings is 1. The molecule has 2 aromatic rings. The van der Waals surface area contributed by atoms with Crippen LogP contribution in [0.4, 0.5) is 18.9 Å². The molecule has 0 saturated carbocycles. The maximum absolute atomic E-state index is 13.4. The van der Waals surface area contributed by atoms with E-state index < -0.39 is 38.5 Å². The largest absolute Gasteiger partial charge is 0.593 e. The van der Waals surface area contributed by atoms with Crippen LogP contribution in [-0.4, -0.2) is 26.8 Å². The van der Waals surface area contributed by atoms with Crippen molar-refractivity contribution in [2.75, 3.05) is 11.9 Å². The molecular weight excluding hydrogens is 405 g/mol. The Morgan fingerprint density at radius 1 is 1.10 bits per heavy atom. The van der Waals surface area contributed by atoms with E-state index in [1.807, 2.05) is 6.07 Å². The number of fused-ring (bicyclic) bond motifs is 1. The number of anilines is 1. The van der Waals surface area contributed by atoms with Gasteiger partial charge >= 0.3 is 6.18 Å². The molecule has 2 aromatic carbocycles. The summed E-state index contributed by atoms with van der Waals surface area (Å²) in [4.78, 5) is 12.6. The van der Waals surface area contributed by atoms with Crippen LogP contribution in [0.2, 0.25) is 0 Å². The van der Waals surface area contributed by atoms with E-state index in [1.165, 1.54) is 0 Å². The summed E-state index contributed by atoms with van der Waals surface area (Å²) in [7, 11) is -4.32. The highest BCUT2D eigenvalue weighted by Gasteiger charge is 2.56. The normalized spacial score (nSPS) is 24.6. The van der Waals surface area contributed by atoms with Gasteiger partial charge in [-0.15, -0.1) is 4.31 Å². The summed E-state index contributed by atoms with van der Waals surface area (Å²) in [5, 5.41) is 2.78. The Balaban J connectivity index is 1.78. The maximum Gasteiger partial charge on any atom is 0.416 e. The smallest absolute Gasteiger partial charge is 0.416 e. The Morgan fingerprint density at radius 2 is 1.86 bits per heavy atom. The van der Waals surface area contributed by atoms with Crippen LogP contribution in [0.3, 0.4) is 0 Å². The van der Waals surface area contributed by atoms with Crippen LogP contribution in [0, 0.1) is 0 Å². The molecule has 2 aliphatic rings. The van der Waals surface area contributed by atoms with E-state index in [-0.39, 0.29) is 13.0 Å². The van der Waals surface area contributed by atoms with Crippen LogP contribution in [0.5, 0.6) is 0 Å². The first-order valence-electron chi connectivity index (χ1n) is 9.24. The average Bonchev–Trinajstić information content (AvgIpc) is 2.68. The van der Waals surface area contributed by atoms with Crippen LogP contribution >= 0.6 is 0 Å². The standard InChI is InChI=1S/C20H19F3N2O3S/c21-20(22,23)15-7-5-8-16(12-15)29(27,28)25-11-4-3-10-19(25)13-14-6-1-2-9-17(14)24-18(19)26/h1-2,5-9,12H,3-4,10-11,13H2,(H-,24,26,27,28). The number of amides is 1. The van der Waals surface area contributed by atoms with Gasteiger partial charge in [0.1, 0.15) is 5.54 Å². The first kappa shape index (κ1) is 20.1. The van der Waals surface area contributed by atoms with Crippen molar-refractivity contribution in [1.82, 2.24) is 4.31 Å². The van der Waals surface area contributed by atoms with Gasteiger partial charge in [0.05, 0.1) is 5.56 Å². The quantitative estimate of drug-likeness (QED) is 0.740. The van der Waals surface area contributed by atoms with Crippen LogP contribution in [0.15, 0.2) is 53.4 Å². The minimum absolute atomic E-state index is 0.0775. The second kappa shape index (κ2) is 6.93. The second-order valence-corrected chi connectivity index (χ2v) is 9.24. The van der Waals surface area contributed by atoms with Gasteiger partial charge in [-0.1, -0.05) is 28.5 Å². The fourth-order valence-electron chi connectivity index (χ4n) is 4.16. The number of carbonyl (C=O) groups is 1. The summed E-state index contributed by atoms with van der Waals surface area (Å²) in [5.74, 6) is -0.438. The fraction of sp³-hybridized carbons (Fsp3) is 0.350. The first-order chi connectivity index (χ1) is 13.6. The van der Waals surface area contributed by atoms with Gasteiger partial charge < -0.3 is 9.87 Å². The van der Waals surface area contributed by atoms with Crippen LogP contribution in [-0.2, 0) is 32.0 Å². The van der Waals surface area contributed by atoms with Gasteiger partial charge in [-0.05, 0) is 43.0 Å². The molecule has 5 nitrogen and oxygen atoms in total. The van der Waals surface area contributed by atoms with Crippen molar-refractivity contribution in [1.29, 1.82) is 0 Å². The van der Waals surface area contributed by atoms with Crippen LogP contribution in [0.25, 0.3) is 0 Å². The molecule has 1 saturated heterocycles. The van der Waals surface area contributed by atoms with Crippen molar-refractivity contribution in [2.45, 2.75) is 42.3 Å². The summed E-state index contributed by atoms with van der Waals surface area (Å²) >= 11 is 0. The number of hydrogen-bond donors (Lipinski definition) is 1. The Kier molecular flexibility index (Phi) is 4.79. The Bertz CT molecular complexity index is 1010. The monoisotopic (exact) mass is 424 g/mol. The van der Waals surface area contributed by atoms with Crippen LogP contribution < -0.4 is 5.32 Å². The van der Waals surface area contributed by atoms with E-state index in [9.17, 15) is 26.7 Å². The predicted octanol–water partition coefficient (Wildman–Crippen LogP) is 4.03. The molecule has 4 rings (SSSR count). The molecule has 2 aliphatic heterocycles. The van der Waals surface area contributed by atoms with Crippen molar-refractivity contribution < 1.29 is 26.7 Å². The molecule has 0 aromatic heterocycles. The highest BCUT2D eigenvalue weighted by Crippen LogP contribution is 2.43. The van der Waals surface area contributed by atoms with Crippen molar-refractivity contribution in [3.05, 3.63) is 59.7 Å². The SMILES string of the molecule is O=C1Nc2ccccc2CC12CCCCN2[S+](=O)([O-])c1cccc(C(F)(F)F)c1. The predicted molar refractivity (Wildman–Crippen MR) is 101 cm³/mol. The van der Waals surface area contributed by atoms with Gasteiger partial charge in [-0.25, -0.2) is 0 Å². The van der Waals surface area contributed by atoms with E-state index >= 15 is 0 Å². The van der Waals surface area contributed by atoms with E-state index in [2.05, 4.69) is 5.32 Å². The molecule has 0 bridgehead atoms. The van der Waals surface area contributed by atoms with Crippen molar-refractivity contribution >= 4 is 22.0 Å². The number of halogens is 3. The number of benzene rings is 2. The number of para-hydroxylation sites is 1. The lowest BCUT2D eigenvalue weighted by Crippen LogP contribution is -2.65. The van der Waals surface area contributed by atoms with Gasteiger partial charge in [0.2, 0.25) is 5.91 Å². The Morgan fingerprint density at radius 3 is 2.62 bits per heavy atom. The topological polar surface area (TPSA) is 72.5 Å². The number of carbonyl (C=O) groups excluding carboxylic acids is 1. The summed E-state index contributed by atoms with van der Waals surface area (Å²) in [6.07, 6.45) is -2.97. The number of hydrogen-bond acceptors (Lipinski definition) is 3.